The van der Waals surface area contributed by atoms with E-state index in [4.69, 9.17) is 19.6 Å². The summed E-state index contributed by atoms with van der Waals surface area (Å²) in [6, 6.07) is 19.9. The minimum absolute atomic E-state index is 0.129. The molecular weight excluding hydrogens is 442 g/mol. The highest BCUT2D eigenvalue weighted by molar-refractivity contribution is 5.93. The summed E-state index contributed by atoms with van der Waals surface area (Å²) in [5.41, 5.74) is 12.4. The van der Waals surface area contributed by atoms with E-state index in [1.807, 2.05) is 36.4 Å². The molecule has 0 amide bonds. The van der Waals surface area contributed by atoms with Crippen LogP contribution in [0.3, 0.4) is 0 Å². The summed E-state index contributed by atoms with van der Waals surface area (Å²) in [6.07, 6.45) is 1.06. The summed E-state index contributed by atoms with van der Waals surface area (Å²) < 4.78 is 17.3. The molecule has 1 aromatic heterocycles. The maximum absolute atomic E-state index is 12.1. The lowest BCUT2D eigenvalue weighted by Gasteiger charge is -2.14. The van der Waals surface area contributed by atoms with Gasteiger partial charge in [0.2, 0.25) is 0 Å². The van der Waals surface area contributed by atoms with Crippen LogP contribution in [0.5, 0.6) is 5.75 Å². The topological polar surface area (TPSA) is 94.9 Å². The molecule has 6 nitrogen and oxygen atoms in total. The van der Waals surface area contributed by atoms with Gasteiger partial charge in [0, 0.05) is 23.1 Å². The Bertz CT molecular complexity index is 1320. The Kier molecular flexibility index (Phi) is 7.85. The number of aliphatic hydroxyl groups is 1. The monoisotopic (exact) mass is 473 g/mol. The van der Waals surface area contributed by atoms with Crippen molar-refractivity contribution in [3.05, 3.63) is 88.7 Å². The number of nitrogens with two attached hydrogens (primary N) is 1. The smallest absolute Gasteiger partial charge is 0.310 e. The number of benzene rings is 3. The quantitative estimate of drug-likeness (QED) is 0.304. The average Bonchev–Trinajstić information content (AvgIpc) is 3.31. The molecule has 0 spiro atoms. The third-order valence-corrected chi connectivity index (χ3v) is 5.93. The first-order valence-corrected chi connectivity index (χ1v) is 11.9. The SMILES string of the molecule is CCOC(=O)Cc1ccc(CN)cc1OCc1cc(-c2cccc(CC)c2)c2oc(CO)cc2c1. The molecular formula is C29H31NO5. The number of carbonyl (C=O) groups excluding carboxylic acids is 1. The maximum atomic E-state index is 12.1. The van der Waals surface area contributed by atoms with Crippen LogP contribution in [0.4, 0.5) is 0 Å². The number of carbonyl (C=O) groups is 1. The lowest BCUT2D eigenvalue weighted by Crippen LogP contribution is -2.10. The third-order valence-electron chi connectivity index (χ3n) is 5.93. The van der Waals surface area contributed by atoms with Gasteiger partial charge in [0.25, 0.3) is 0 Å². The van der Waals surface area contributed by atoms with Gasteiger partial charge < -0.3 is 24.7 Å². The van der Waals surface area contributed by atoms with Crippen molar-refractivity contribution < 1.29 is 23.8 Å². The molecule has 0 fully saturated rings. The van der Waals surface area contributed by atoms with E-state index in [-0.39, 0.29) is 19.0 Å². The van der Waals surface area contributed by atoms with Crippen LogP contribution in [0.1, 0.15) is 41.9 Å². The van der Waals surface area contributed by atoms with E-state index in [2.05, 4.69) is 31.2 Å². The van der Waals surface area contributed by atoms with Crippen molar-refractivity contribution >= 4 is 16.9 Å². The zero-order chi connectivity index (χ0) is 24.8. The molecule has 0 radical (unpaired) electrons. The summed E-state index contributed by atoms with van der Waals surface area (Å²) >= 11 is 0. The first-order chi connectivity index (χ1) is 17.0. The minimum atomic E-state index is -0.299. The summed E-state index contributed by atoms with van der Waals surface area (Å²) in [5.74, 6) is 0.824. The highest BCUT2D eigenvalue weighted by Crippen LogP contribution is 2.34. The number of aryl methyl sites for hydroxylation is 1. The highest BCUT2D eigenvalue weighted by Gasteiger charge is 2.15. The van der Waals surface area contributed by atoms with Gasteiger partial charge >= 0.3 is 5.97 Å². The molecule has 6 heteroatoms. The number of furan rings is 1. The fourth-order valence-corrected chi connectivity index (χ4v) is 4.14. The molecule has 3 N–H and O–H groups in total. The molecule has 35 heavy (non-hydrogen) atoms. The van der Waals surface area contributed by atoms with E-state index in [0.717, 1.165) is 45.2 Å². The van der Waals surface area contributed by atoms with E-state index in [1.165, 1.54) is 5.56 Å². The predicted octanol–water partition coefficient (Wildman–Crippen LogP) is 5.30. The lowest BCUT2D eigenvalue weighted by atomic mass is 9.98. The summed E-state index contributed by atoms with van der Waals surface area (Å²) in [7, 11) is 0. The number of hydrogen-bond donors (Lipinski definition) is 2. The second-order valence-corrected chi connectivity index (χ2v) is 8.40. The molecule has 0 aliphatic heterocycles. The first-order valence-electron chi connectivity index (χ1n) is 11.9. The van der Waals surface area contributed by atoms with E-state index in [1.54, 1.807) is 6.92 Å². The van der Waals surface area contributed by atoms with Gasteiger partial charge in [-0.25, -0.2) is 0 Å². The molecule has 4 rings (SSSR count). The number of aliphatic hydroxyl groups excluding tert-OH is 1. The Morgan fingerprint density at radius 2 is 1.86 bits per heavy atom. The minimum Gasteiger partial charge on any atom is -0.489 e. The van der Waals surface area contributed by atoms with Crippen molar-refractivity contribution in [3.8, 4) is 16.9 Å². The molecule has 0 saturated carbocycles. The fourth-order valence-electron chi connectivity index (χ4n) is 4.14. The van der Waals surface area contributed by atoms with Crippen molar-refractivity contribution in [3.63, 3.8) is 0 Å². The largest absolute Gasteiger partial charge is 0.489 e. The number of fused-ring (bicyclic) bond motifs is 1. The van der Waals surface area contributed by atoms with Crippen LogP contribution in [-0.2, 0) is 42.1 Å². The van der Waals surface area contributed by atoms with Crippen LogP contribution < -0.4 is 10.5 Å². The standard InChI is InChI=1S/C29H31NO5/c1-3-19-6-5-7-22(10-19)26-12-21(11-24-14-25(17-31)35-29(24)26)18-34-27-13-20(16-30)8-9-23(27)15-28(32)33-4-2/h5-14,31H,3-4,15-18,30H2,1-2H3. The van der Waals surface area contributed by atoms with E-state index < -0.39 is 0 Å². The molecule has 0 saturated heterocycles. The summed E-state index contributed by atoms with van der Waals surface area (Å²) in [6.45, 7) is 4.74. The van der Waals surface area contributed by atoms with Gasteiger partial charge in [0.05, 0.1) is 13.0 Å². The zero-order valence-corrected chi connectivity index (χ0v) is 20.2. The van der Waals surface area contributed by atoms with E-state index >= 15 is 0 Å². The summed E-state index contributed by atoms with van der Waals surface area (Å²) in [4.78, 5) is 12.1. The third kappa shape index (κ3) is 5.73. The van der Waals surface area contributed by atoms with Gasteiger partial charge in [0.15, 0.2) is 0 Å². The Morgan fingerprint density at radius 3 is 2.60 bits per heavy atom. The van der Waals surface area contributed by atoms with Crippen LogP contribution >= 0.6 is 0 Å². The molecule has 0 aliphatic carbocycles. The molecule has 1 heterocycles. The maximum Gasteiger partial charge on any atom is 0.310 e. The second kappa shape index (κ2) is 11.2. The Hall–Kier alpha value is -3.61. The van der Waals surface area contributed by atoms with Crippen molar-refractivity contribution in [2.24, 2.45) is 5.73 Å². The van der Waals surface area contributed by atoms with E-state index in [0.29, 0.717) is 31.3 Å². The number of hydrogen-bond acceptors (Lipinski definition) is 6. The molecule has 0 unspecified atom stereocenters. The van der Waals surface area contributed by atoms with Gasteiger partial charge in [-0.05, 0) is 59.9 Å². The van der Waals surface area contributed by atoms with Gasteiger partial charge in [-0.15, -0.1) is 0 Å². The van der Waals surface area contributed by atoms with Crippen LogP contribution in [0.15, 0.2) is 65.1 Å². The highest BCUT2D eigenvalue weighted by atomic mass is 16.5. The van der Waals surface area contributed by atoms with Crippen LogP contribution in [-0.4, -0.2) is 17.7 Å². The molecule has 0 bridgehead atoms. The van der Waals surface area contributed by atoms with Gasteiger partial charge in [0.1, 0.15) is 30.3 Å². The Balaban J connectivity index is 1.69. The normalized spacial score (nSPS) is 11.1. The number of ether oxygens (including phenoxy) is 2. The molecule has 4 aromatic rings. The number of esters is 1. The Morgan fingerprint density at radius 1 is 1.00 bits per heavy atom. The first kappa shape index (κ1) is 24.5. The average molecular weight is 474 g/mol. The van der Waals surface area contributed by atoms with Crippen LogP contribution in [0, 0.1) is 0 Å². The lowest BCUT2D eigenvalue weighted by molar-refractivity contribution is -0.142. The summed E-state index contributed by atoms with van der Waals surface area (Å²) in [5, 5.41) is 10.5. The molecule has 182 valence electrons. The molecule has 3 aromatic carbocycles. The van der Waals surface area contributed by atoms with Crippen molar-refractivity contribution in [1.29, 1.82) is 0 Å². The Labute approximate surface area is 205 Å². The number of rotatable bonds is 10. The zero-order valence-electron chi connectivity index (χ0n) is 20.2. The fraction of sp³-hybridized carbons (Fsp3) is 0.276. The van der Waals surface area contributed by atoms with Crippen LogP contribution in [0.2, 0.25) is 0 Å². The molecule has 0 atom stereocenters. The van der Waals surface area contributed by atoms with Crippen LogP contribution in [0.25, 0.3) is 22.1 Å². The predicted molar refractivity (Wildman–Crippen MR) is 136 cm³/mol. The van der Waals surface area contributed by atoms with Gasteiger partial charge in [-0.2, -0.15) is 0 Å². The second-order valence-electron chi connectivity index (χ2n) is 8.40. The van der Waals surface area contributed by atoms with Crippen molar-refractivity contribution in [1.82, 2.24) is 0 Å². The van der Waals surface area contributed by atoms with Crippen molar-refractivity contribution in [2.45, 2.75) is 46.4 Å². The van der Waals surface area contributed by atoms with Crippen molar-refractivity contribution in [2.75, 3.05) is 6.61 Å². The van der Waals surface area contributed by atoms with Gasteiger partial charge in [-0.3, -0.25) is 4.79 Å². The van der Waals surface area contributed by atoms with E-state index in [9.17, 15) is 9.90 Å². The van der Waals surface area contributed by atoms with Gasteiger partial charge in [-0.1, -0.05) is 43.3 Å². The molecule has 0 aliphatic rings.